The number of nitrogens with zero attached hydrogens (tertiary/aromatic N) is 2. The molecule has 0 radical (unpaired) electrons. The Morgan fingerprint density at radius 1 is 1.29 bits per heavy atom. The molecule has 3 aliphatic rings. The summed E-state index contributed by atoms with van der Waals surface area (Å²) in [4.78, 5) is 44.3. The van der Waals surface area contributed by atoms with E-state index in [4.69, 9.17) is 9.47 Å². The van der Waals surface area contributed by atoms with E-state index in [9.17, 15) is 19.5 Å². The molecule has 2 amide bonds. The molecule has 188 valence electrons. The minimum Gasteiger partial charge on any atom is -0.461 e. The van der Waals surface area contributed by atoms with Gasteiger partial charge < -0.3 is 24.4 Å². The Morgan fingerprint density at radius 3 is 2.63 bits per heavy atom. The fourth-order valence-corrected chi connectivity index (χ4v) is 6.16. The summed E-state index contributed by atoms with van der Waals surface area (Å²) in [5, 5.41) is 9.98. The van der Waals surface area contributed by atoms with E-state index in [0.29, 0.717) is 19.4 Å². The second-order valence-electron chi connectivity index (χ2n) is 9.92. The first-order chi connectivity index (χ1) is 16.7. The fraction of sp³-hybridized carbons (Fsp3) is 0.519. The number of hydrogen-bond donors (Lipinski definition) is 1. The molecule has 35 heavy (non-hydrogen) atoms. The topological polar surface area (TPSA) is 96.4 Å². The Kier molecular flexibility index (Phi) is 6.88. The number of ether oxygens (including phenoxy) is 2. The number of amides is 2. The van der Waals surface area contributed by atoms with Gasteiger partial charge in [-0.25, -0.2) is 0 Å². The van der Waals surface area contributed by atoms with Crippen molar-refractivity contribution < 1.29 is 29.0 Å². The van der Waals surface area contributed by atoms with Gasteiger partial charge in [0.25, 0.3) is 0 Å². The number of rotatable bonds is 10. The monoisotopic (exact) mass is 482 g/mol. The Labute approximate surface area is 206 Å². The van der Waals surface area contributed by atoms with Crippen molar-refractivity contribution in [3.05, 3.63) is 61.2 Å². The largest absolute Gasteiger partial charge is 0.461 e. The van der Waals surface area contributed by atoms with Crippen molar-refractivity contribution in [1.29, 1.82) is 0 Å². The molecule has 3 aliphatic heterocycles. The number of fused-ring (bicyclic) bond motifs is 1. The average molecular weight is 483 g/mol. The zero-order valence-corrected chi connectivity index (χ0v) is 20.4. The highest BCUT2D eigenvalue weighted by Crippen LogP contribution is 2.63. The van der Waals surface area contributed by atoms with Crippen LogP contribution in [0.3, 0.4) is 0 Å². The first-order valence-corrected chi connectivity index (χ1v) is 12.1. The van der Waals surface area contributed by atoms with Gasteiger partial charge in [0.05, 0.1) is 24.2 Å². The van der Waals surface area contributed by atoms with Gasteiger partial charge in [0.2, 0.25) is 11.8 Å². The van der Waals surface area contributed by atoms with Gasteiger partial charge in [-0.05, 0) is 32.3 Å². The summed E-state index contributed by atoms with van der Waals surface area (Å²) in [7, 11) is 0. The lowest BCUT2D eigenvalue weighted by Crippen LogP contribution is -2.58. The van der Waals surface area contributed by atoms with Crippen molar-refractivity contribution >= 4 is 17.8 Å². The lowest BCUT2D eigenvalue weighted by molar-refractivity contribution is -0.161. The number of hydrogen-bond acceptors (Lipinski definition) is 6. The number of carbonyl (C=O) groups excluding carboxylic acids is 3. The summed E-state index contributed by atoms with van der Waals surface area (Å²) in [5.41, 5.74) is -1.13. The van der Waals surface area contributed by atoms with Gasteiger partial charge in [-0.3, -0.25) is 14.4 Å². The quantitative estimate of drug-likeness (QED) is 0.405. The first kappa shape index (κ1) is 25.1. The van der Waals surface area contributed by atoms with E-state index < -0.39 is 41.1 Å². The second kappa shape index (κ2) is 9.59. The third-order valence-corrected chi connectivity index (χ3v) is 7.66. The molecular weight excluding hydrogens is 448 g/mol. The van der Waals surface area contributed by atoms with Gasteiger partial charge in [0.1, 0.15) is 24.2 Å². The van der Waals surface area contributed by atoms with Gasteiger partial charge in [0, 0.05) is 13.1 Å². The van der Waals surface area contributed by atoms with Crippen molar-refractivity contribution in [2.24, 2.45) is 11.8 Å². The molecule has 1 aromatic rings. The van der Waals surface area contributed by atoms with Crippen molar-refractivity contribution in [2.75, 3.05) is 19.8 Å². The molecule has 8 heteroatoms. The maximum absolute atomic E-state index is 14.2. The van der Waals surface area contributed by atoms with E-state index in [1.807, 2.05) is 37.3 Å². The zero-order valence-electron chi connectivity index (χ0n) is 20.4. The highest BCUT2D eigenvalue weighted by Gasteiger charge is 2.78. The lowest BCUT2D eigenvalue weighted by atomic mass is 9.66. The number of carbonyl (C=O) groups is 3. The third kappa shape index (κ3) is 3.98. The van der Waals surface area contributed by atoms with Gasteiger partial charge in [-0.2, -0.15) is 0 Å². The first-order valence-electron chi connectivity index (χ1n) is 12.1. The molecule has 6 atom stereocenters. The van der Waals surface area contributed by atoms with Crippen molar-refractivity contribution in [3.63, 3.8) is 0 Å². The normalized spacial score (nSPS) is 31.7. The number of benzene rings is 1. The Bertz CT molecular complexity index is 1010. The minimum atomic E-state index is -1.17. The van der Waals surface area contributed by atoms with Crippen LogP contribution in [0.15, 0.2) is 55.6 Å². The van der Waals surface area contributed by atoms with Crippen LogP contribution in [0.5, 0.6) is 0 Å². The van der Waals surface area contributed by atoms with Gasteiger partial charge >= 0.3 is 5.97 Å². The summed E-state index contributed by atoms with van der Waals surface area (Å²) < 4.78 is 11.9. The van der Waals surface area contributed by atoms with Crippen LogP contribution >= 0.6 is 0 Å². The van der Waals surface area contributed by atoms with Crippen LogP contribution in [-0.4, -0.2) is 75.7 Å². The molecule has 3 saturated heterocycles. The van der Waals surface area contributed by atoms with Crippen LogP contribution in [0.1, 0.15) is 32.3 Å². The van der Waals surface area contributed by atoms with E-state index in [1.165, 1.54) is 11.0 Å². The molecule has 1 spiro atoms. The molecule has 3 fully saturated rings. The molecular formula is C27H34N2O6. The zero-order chi connectivity index (χ0) is 25.4. The number of esters is 1. The van der Waals surface area contributed by atoms with Crippen molar-refractivity contribution in [2.45, 2.75) is 56.5 Å². The van der Waals surface area contributed by atoms with Crippen LogP contribution in [0.25, 0.3) is 0 Å². The average Bonchev–Trinajstić information content (AvgIpc) is 3.42. The molecule has 0 aromatic heterocycles. The summed E-state index contributed by atoms with van der Waals surface area (Å²) in [6.07, 6.45) is 4.11. The maximum Gasteiger partial charge on any atom is 0.313 e. The van der Waals surface area contributed by atoms with Crippen LogP contribution in [0, 0.1) is 11.8 Å². The Balaban J connectivity index is 1.75. The minimum absolute atomic E-state index is 0.0304. The molecule has 1 aromatic carbocycles. The summed E-state index contributed by atoms with van der Waals surface area (Å²) in [6.45, 7) is 11.2. The fourth-order valence-electron chi connectivity index (χ4n) is 6.16. The van der Waals surface area contributed by atoms with E-state index >= 15 is 0 Å². The Morgan fingerprint density at radius 2 is 2.00 bits per heavy atom. The number of likely N-dealkylation sites (tertiary alicyclic amines) is 1. The lowest BCUT2D eigenvalue weighted by Gasteiger charge is -2.38. The molecule has 2 bridgehead atoms. The Hall–Kier alpha value is -2.97. The predicted molar refractivity (Wildman–Crippen MR) is 129 cm³/mol. The predicted octanol–water partition coefficient (Wildman–Crippen LogP) is 2.08. The van der Waals surface area contributed by atoms with E-state index in [2.05, 4.69) is 13.2 Å². The van der Waals surface area contributed by atoms with Crippen molar-refractivity contribution in [1.82, 2.24) is 9.80 Å². The van der Waals surface area contributed by atoms with Gasteiger partial charge in [0.15, 0.2) is 0 Å². The third-order valence-electron chi connectivity index (χ3n) is 7.66. The summed E-state index contributed by atoms with van der Waals surface area (Å²) >= 11 is 0. The second-order valence-corrected chi connectivity index (χ2v) is 9.92. The molecule has 4 rings (SSSR count). The molecule has 0 saturated carbocycles. The van der Waals surface area contributed by atoms with E-state index in [0.717, 1.165) is 5.56 Å². The standard InChI is InChI=1S/C27H34N2O6/c1-5-14-28(16-19-10-8-7-9-11-19)24(32)22-27-13-12-26(4,35-27)21(25(33)34-15-6-2)20(27)23(31)29(22)18(3)17-30/h5-11,18,20-22,30H,1-2,12-17H2,3-4H3/t18-,20+,21-,22?,26+,27?/m1/s1. The molecule has 2 unspecified atom stereocenters. The highest BCUT2D eigenvalue weighted by molar-refractivity contribution is 5.98. The summed E-state index contributed by atoms with van der Waals surface area (Å²) in [6, 6.07) is 7.99. The smallest absolute Gasteiger partial charge is 0.313 e. The molecule has 8 nitrogen and oxygen atoms in total. The van der Waals surface area contributed by atoms with Crippen LogP contribution in [0.2, 0.25) is 0 Å². The number of aliphatic hydroxyl groups excluding tert-OH is 1. The molecule has 0 aliphatic carbocycles. The molecule has 1 N–H and O–H groups in total. The van der Waals surface area contributed by atoms with E-state index in [-0.39, 0.29) is 31.6 Å². The van der Waals surface area contributed by atoms with Crippen LogP contribution < -0.4 is 0 Å². The van der Waals surface area contributed by atoms with Gasteiger partial charge in [-0.15, -0.1) is 6.58 Å². The summed E-state index contributed by atoms with van der Waals surface area (Å²) in [5.74, 6) is -2.86. The molecule has 3 heterocycles. The maximum atomic E-state index is 14.2. The highest BCUT2D eigenvalue weighted by atomic mass is 16.6. The SMILES string of the molecule is C=CCOC(=O)[C@H]1[C@H]2C(=O)N([C@H](C)CO)C(C(=O)N(CC=C)Cc3ccccc3)C23CC[C@]1(C)O3. The number of aliphatic hydroxyl groups is 1. The van der Waals surface area contributed by atoms with Gasteiger partial charge in [-0.1, -0.05) is 49.1 Å². The van der Waals surface area contributed by atoms with Crippen LogP contribution in [0.4, 0.5) is 0 Å². The van der Waals surface area contributed by atoms with E-state index in [1.54, 1.807) is 17.9 Å². The van der Waals surface area contributed by atoms with Crippen molar-refractivity contribution in [3.8, 4) is 0 Å². The van der Waals surface area contributed by atoms with Crippen LogP contribution in [-0.2, 0) is 30.4 Å².